The van der Waals surface area contributed by atoms with Gasteiger partial charge in [0.1, 0.15) is 0 Å². The van der Waals surface area contributed by atoms with Crippen molar-refractivity contribution in [2.45, 2.75) is 38.6 Å². The molecule has 0 amide bonds. The number of hydrogen-bond donors (Lipinski definition) is 1. The molecule has 1 N–H and O–H groups in total. The second-order valence-corrected chi connectivity index (χ2v) is 6.80. The summed E-state index contributed by atoms with van der Waals surface area (Å²) in [5.74, 6) is 1.63. The lowest BCUT2D eigenvalue weighted by Gasteiger charge is -2.14. The quantitative estimate of drug-likeness (QED) is 0.874. The summed E-state index contributed by atoms with van der Waals surface area (Å²) < 4.78 is 0. The molecular weight excluding hydrogens is 264 g/mol. The molecule has 2 heterocycles. The Morgan fingerprint density at radius 1 is 1.45 bits per heavy atom. The molecule has 20 heavy (non-hydrogen) atoms. The van der Waals surface area contributed by atoms with Crippen molar-refractivity contribution in [1.82, 2.24) is 10.3 Å². The van der Waals surface area contributed by atoms with E-state index < -0.39 is 0 Å². The van der Waals surface area contributed by atoms with E-state index >= 15 is 0 Å². The summed E-state index contributed by atoms with van der Waals surface area (Å²) in [4.78, 5) is 5.71. The van der Waals surface area contributed by atoms with Gasteiger partial charge >= 0.3 is 0 Å². The molecule has 0 radical (unpaired) electrons. The first kappa shape index (κ1) is 13.8. The van der Waals surface area contributed by atoms with Gasteiger partial charge in [-0.25, -0.2) is 0 Å². The van der Waals surface area contributed by atoms with Gasteiger partial charge in [-0.1, -0.05) is 6.07 Å². The highest BCUT2D eigenvalue weighted by molar-refractivity contribution is 7.10. The summed E-state index contributed by atoms with van der Waals surface area (Å²) in [6, 6.07) is 7.19. The molecule has 1 aliphatic carbocycles. The first-order chi connectivity index (χ1) is 9.75. The summed E-state index contributed by atoms with van der Waals surface area (Å²) in [7, 11) is 0. The Morgan fingerprint density at radius 3 is 3.10 bits per heavy atom. The molecule has 2 aromatic rings. The number of pyridine rings is 1. The molecule has 2 nitrogen and oxygen atoms in total. The number of nitrogens with zero attached hydrogens (tertiary/aromatic N) is 1. The molecule has 1 unspecified atom stereocenters. The molecule has 2 aromatic heterocycles. The standard InChI is InChI=1S/C17H22N2S/c1-12-11-18-7-5-14(12)6-8-19-13(2)15-10-16(15)17-4-3-9-20-17/h3-5,7,9,11,13,15-16,19H,6,8,10H2,1-2H3/t13?,15-,16+/m0/s1. The Bertz CT molecular complexity index is 550. The van der Waals surface area contributed by atoms with E-state index in [4.69, 9.17) is 0 Å². The maximum Gasteiger partial charge on any atom is 0.0299 e. The van der Waals surface area contributed by atoms with Gasteiger partial charge in [0.25, 0.3) is 0 Å². The SMILES string of the molecule is Cc1cnccc1CCNC(C)[C@@H]1C[C@H]1c1cccs1. The van der Waals surface area contributed by atoms with Crippen LogP contribution in [0.25, 0.3) is 0 Å². The largest absolute Gasteiger partial charge is 0.314 e. The van der Waals surface area contributed by atoms with E-state index in [1.807, 2.05) is 23.7 Å². The third kappa shape index (κ3) is 3.10. The molecule has 0 saturated heterocycles. The summed E-state index contributed by atoms with van der Waals surface area (Å²) in [6.07, 6.45) is 6.28. The number of aryl methyl sites for hydroxylation is 1. The Kier molecular flexibility index (Phi) is 4.18. The Balaban J connectivity index is 1.45. The molecule has 1 saturated carbocycles. The van der Waals surface area contributed by atoms with Gasteiger partial charge in [-0.2, -0.15) is 0 Å². The fourth-order valence-electron chi connectivity index (χ4n) is 2.97. The van der Waals surface area contributed by atoms with Crippen LogP contribution in [-0.2, 0) is 6.42 Å². The molecule has 1 aliphatic rings. The van der Waals surface area contributed by atoms with Crippen molar-refractivity contribution in [2.75, 3.05) is 6.54 Å². The first-order valence-corrected chi connectivity index (χ1v) is 8.30. The molecule has 3 rings (SSSR count). The van der Waals surface area contributed by atoms with Gasteiger partial charge in [0.2, 0.25) is 0 Å². The summed E-state index contributed by atoms with van der Waals surface area (Å²) in [5.41, 5.74) is 2.70. The van der Waals surface area contributed by atoms with Crippen molar-refractivity contribution in [3.05, 3.63) is 52.0 Å². The van der Waals surface area contributed by atoms with Gasteiger partial charge < -0.3 is 5.32 Å². The maximum atomic E-state index is 4.15. The van der Waals surface area contributed by atoms with E-state index in [0.717, 1.165) is 24.8 Å². The number of aromatic nitrogens is 1. The van der Waals surface area contributed by atoms with Crippen LogP contribution < -0.4 is 5.32 Å². The van der Waals surface area contributed by atoms with Crippen LogP contribution in [0.15, 0.2) is 36.0 Å². The highest BCUT2D eigenvalue weighted by Gasteiger charge is 2.42. The van der Waals surface area contributed by atoms with Crippen molar-refractivity contribution in [1.29, 1.82) is 0 Å². The fraction of sp³-hybridized carbons (Fsp3) is 0.471. The zero-order valence-corrected chi connectivity index (χ0v) is 13.0. The zero-order chi connectivity index (χ0) is 13.9. The number of hydrogen-bond acceptors (Lipinski definition) is 3. The average Bonchev–Trinajstić information content (AvgIpc) is 3.07. The van der Waals surface area contributed by atoms with Crippen LogP contribution >= 0.6 is 11.3 Å². The minimum absolute atomic E-state index is 0.615. The smallest absolute Gasteiger partial charge is 0.0299 e. The molecule has 1 fully saturated rings. The van der Waals surface area contributed by atoms with E-state index in [2.05, 4.69) is 47.7 Å². The summed E-state index contributed by atoms with van der Waals surface area (Å²) in [6.45, 7) is 5.52. The zero-order valence-electron chi connectivity index (χ0n) is 12.2. The Hall–Kier alpha value is -1.19. The lowest BCUT2D eigenvalue weighted by Crippen LogP contribution is -2.30. The third-order valence-corrected chi connectivity index (χ3v) is 5.39. The second kappa shape index (κ2) is 6.06. The summed E-state index contributed by atoms with van der Waals surface area (Å²) >= 11 is 1.90. The van der Waals surface area contributed by atoms with E-state index in [-0.39, 0.29) is 0 Å². The van der Waals surface area contributed by atoms with Gasteiger partial charge in [0.05, 0.1) is 0 Å². The normalized spacial score (nSPS) is 22.7. The van der Waals surface area contributed by atoms with Crippen molar-refractivity contribution >= 4 is 11.3 Å². The van der Waals surface area contributed by atoms with E-state index in [1.165, 1.54) is 17.5 Å². The predicted molar refractivity (Wildman–Crippen MR) is 85.3 cm³/mol. The Morgan fingerprint density at radius 2 is 2.35 bits per heavy atom. The molecular formula is C17H22N2S. The average molecular weight is 286 g/mol. The third-order valence-electron chi connectivity index (χ3n) is 4.39. The van der Waals surface area contributed by atoms with E-state index in [0.29, 0.717) is 6.04 Å². The maximum absolute atomic E-state index is 4.15. The molecule has 3 heteroatoms. The first-order valence-electron chi connectivity index (χ1n) is 7.42. The van der Waals surface area contributed by atoms with Crippen LogP contribution in [0.2, 0.25) is 0 Å². The van der Waals surface area contributed by atoms with E-state index in [1.54, 1.807) is 4.88 Å². The van der Waals surface area contributed by atoms with Crippen LogP contribution in [-0.4, -0.2) is 17.6 Å². The molecule has 0 aliphatic heterocycles. The topological polar surface area (TPSA) is 24.9 Å². The lowest BCUT2D eigenvalue weighted by atomic mass is 10.1. The molecule has 3 atom stereocenters. The highest BCUT2D eigenvalue weighted by Crippen LogP contribution is 2.50. The summed E-state index contributed by atoms with van der Waals surface area (Å²) in [5, 5.41) is 5.89. The van der Waals surface area contributed by atoms with Gasteiger partial charge in [0.15, 0.2) is 0 Å². The van der Waals surface area contributed by atoms with Crippen LogP contribution in [0.4, 0.5) is 0 Å². The van der Waals surface area contributed by atoms with Crippen LogP contribution in [0.5, 0.6) is 0 Å². The molecule has 0 aromatic carbocycles. The predicted octanol–water partition coefficient (Wildman–Crippen LogP) is 3.78. The highest BCUT2D eigenvalue weighted by atomic mass is 32.1. The minimum Gasteiger partial charge on any atom is -0.314 e. The molecule has 0 bridgehead atoms. The van der Waals surface area contributed by atoms with Crippen LogP contribution in [0.3, 0.4) is 0 Å². The van der Waals surface area contributed by atoms with Gasteiger partial charge in [-0.15, -0.1) is 11.3 Å². The minimum atomic E-state index is 0.615. The van der Waals surface area contributed by atoms with Crippen molar-refractivity contribution in [3.8, 4) is 0 Å². The van der Waals surface area contributed by atoms with Crippen molar-refractivity contribution in [2.24, 2.45) is 5.92 Å². The fourth-order valence-corrected chi connectivity index (χ4v) is 3.88. The second-order valence-electron chi connectivity index (χ2n) is 5.82. The van der Waals surface area contributed by atoms with Gasteiger partial charge in [-0.05, 0) is 73.7 Å². The molecule has 0 spiro atoms. The number of rotatable bonds is 6. The van der Waals surface area contributed by atoms with Crippen molar-refractivity contribution in [3.63, 3.8) is 0 Å². The Labute approximate surface area is 125 Å². The number of thiophene rings is 1. The van der Waals surface area contributed by atoms with Gasteiger partial charge in [-0.3, -0.25) is 4.98 Å². The lowest BCUT2D eigenvalue weighted by molar-refractivity contribution is 0.492. The van der Waals surface area contributed by atoms with Crippen LogP contribution in [0.1, 0.15) is 35.3 Å². The van der Waals surface area contributed by atoms with E-state index in [9.17, 15) is 0 Å². The van der Waals surface area contributed by atoms with Crippen LogP contribution in [0, 0.1) is 12.8 Å². The van der Waals surface area contributed by atoms with Crippen molar-refractivity contribution < 1.29 is 0 Å². The van der Waals surface area contributed by atoms with Gasteiger partial charge in [0, 0.05) is 23.3 Å². The number of nitrogens with one attached hydrogen (secondary N) is 1. The molecule has 106 valence electrons. The monoisotopic (exact) mass is 286 g/mol.